The minimum atomic E-state index is -0.264. The first-order valence-electron chi connectivity index (χ1n) is 8.55. The number of amides is 1. The molecule has 0 aliphatic heterocycles. The topological polar surface area (TPSA) is 72.7 Å². The number of aromatic nitrogens is 4. The summed E-state index contributed by atoms with van der Waals surface area (Å²) < 4.78 is 1.91. The van der Waals surface area contributed by atoms with E-state index in [2.05, 4.69) is 41.2 Å². The van der Waals surface area contributed by atoms with E-state index in [9.17, 15) is 4.79 Å². The quantitative estimate of drug-likeness (QED) is 0.781. The van der Waals surface area contributed by atoms with E-state index < -0.39 is 0 Å². The van der Waals surface area contributed by atoms with Gasteiger partial charge in [-0.25, -0.2) is 4.98 Å². The van der Waals surface area contributed by atoms with Crippen LogP contribution in [0, 0.1) is 6.92 Å². The highest BCUT2D eigenvalue weighted by molar-refractivity contribution is 6.02. The lowest BCUT2D eigenvalue weighted by Crippen LogP contribution is -2.19. The lowest BCUT2D eigenvalue weighted by Gasteiger charge is -2.20. The highest BCUT2D eigenvalue weighted by Gasteiger charge is 2.22. The first kappa shape index (κ1) is 17.8. The van der Waals surface area contributed by atoms with Gasteiger partial charge in [0.15, 0.2) is 5.82 Å². The second-order valence-electron chi connectivity index (χ2n) is 7.30. The van der Waals surface area contributed by atoms with Gasteiger partial charge < -0.3 is 5.32 Å². The van der Waals surface area contributed by atoms with Crippen molar-refractivity contribution >= 4 is 11.7 Å². The van der Waals surface area contributed by atoms with Gasteiger partial charge in [-0.3, -0.25) is 14.5 Å². The van der Waals surface area contributed by atoms with Crippen molar-refractivity contribution in [1.29, 1.82) is 0 Å². The molecule has 3 aromatic heterocycles. The molecule has 0 fully saturated rings. The molecule has 0 saturated heterocycles. The van der Waals surface area contributed by atoms with Crippen LogP contribution in [0.3, 0.4) is 0 Å². The fourth-order valence-electron chi connectivity index (χ4n) is 2.72. The Labute approximate surface area is 153 Å². The van der Waals surface area contributed by atoms with Gasteiger partial charge in [-0.2, -0.15) is 5.10 Å². The second-order valence-corrected chi connectivity index (χ2v) is 7.30. The van der Waals surface area contributed by atoms with Gasteiger partial charge in [0.05, 0.1) is 6.54 Å². The Bertz CT molecular complexity index is 909. The van der Waals surface area contributed by atoms with Crippen molar-refractivity contribution in [3.8, 4) is 0 Å². The van der Waals surface area contributed by atoms with Crippen molar-refractivity contribution in [3.63, 3.8) is 0 Å². The van der Waals surface area contributed by atoms with Gasteiger partial charge in [-0.15, -0.1) is 0 Å². The zero-order valence-electron chi connectivity index (χ0n) is 15.5. The van der Waals surface area contributed by atoms with Crippen LogP contribution in [-0.4, -0.2) is 25.7 Å². The maximum absolute atomic E-state index is 12.5. The van der Waals surface area contributed by atoms with Crippen molar-refractivity contribution in [2.45, 2.75) is 39.7 Å². The zero-order valence-corrected chi connectivity index (χ0v) is 15.5. The molecule has 6 heteroatoms. The Balaban J connectivity index is 1.87. The average Bonchev–Trinajstić information content (AvgIpc) is 2.98. The SMILES string of the molecule is Cc1cccc(C(=O)Nc2cc(C(C)(C)C)n(Cc3cccnc3)n2)n1. The molecule has 3 heterocycles. The molecule has 0 spiro atoms. The van der Waals surface area contributed by atoms with E-state index in [0.717, 1.165) is 17.0 Å². The smallest absolute Gasteiger partial charge is 0.275 e. The Hall–Kier alpha value is -3.02. The van der Waals surface area contributed by atoms with Crippen molar-refractivity contribution in [3.05, 3.63) is 71.4 Å². The molecule has 134 valence electrons. The molecular formula is C20H23N5O. The van der Waals surface area contributed by atoms with Crippen LogP contribution < -0.4 is 5.32 Å². The minimum Gasteiger partial charge on any atom is -0.304 e. The van der Waals surface area contributed by atoms with Crippen LogP contribution >= 0.6 is 0 Å². The van der Waals surface area contributed by atoms with Crippen molar-refractivity contribution in [1.82, 2.24) is 19.7 Å². The first-order valence-corrected chi connectivity index (χ1v) is 8.55. The van der Waals surface area contributed by atoms with Gasteiger partial charge in [0, 0.05) is 35.3 Å². The third kappa shape index (κ3) is 4.14. The van der Waals surface area contributed by atoms with Crippen LogP contribution in [0.2, 0.25) is 0 Å². The van der Waals surface area contributed by atoms with Crippen LogP contribution in [0.4, 0.5) is 5.82 Å². The summed E-state index contributed by atoms with van der Waals surface area (Å²) in [5, 5.41) is 7.44. The summed E-state index contributed by atoms with van der Waals surface area (Å²) in [7, 11) is 0. The van der Waals surface area contributed by atoms with E-state index in [0.29, 0.717) is 18.1 Å². The number of nitrogens with one attached hydrogen (secondary N) is 1. The standard InChI is InChI=1S/C20H23N5O/c1-14-7-5-9-16(22-14)19(26)23-18-11-17(20(2,3)4)25(24-18)13-15-8-6-10-21-12-15/h5-12H,13H2,1-4H3,(H,23,24,26). The molecular weight excluding hydrogens is 326 g/mol. The molecule has 3 rings (SSSR count). The predicted octanol–water partition coefficient (Wildman–Crippen LogP) is 3.58. The van der Waals surface area contributed by atoms with E-state index in [4.69, 9.17) is 0 Å². The second kappa shape index (κ2) is 7.07. The van der Waals surface area contributed by atoms with Crippen molar-refractivity contribution < 1.29 is 4.79 Å². The first-order chi connectivity index (χ1) is 12.3. The molecule has 0 unspecified atom stereocenters. The third-order valence-electron chi connectivity index (χ3n) is 3.97. The number of hydrogen-bond donors (Lipinski definition) is 1. The largest absolute Gasteiger partial charge is 0.304 e. The van der Waals surface area contributed by atoms with Gasteiger partial charge in [0.1, 0.15) is 5.69 Å². The van der Waals surface area contributed by atoms with Crippen LogP contribution in [0.25, 0.3) is 0 Å². The molecule has 0 radical (unpaired) electrons. The molecule has 1 N–H and O–H groups in total. The molecule has 0 aromatic carbocycles. The Morgan fingerprint density at radius 3 is 2.65 bits per heavy atom. The number of carbonyl (C=O) groups excluding carboxylic acids is 1. The van der Waals surface area contributed by atoms with Crippen molar-refractivity contribution in [2.75, 3.05) is 5.32 Å². The lowest BCUT2D eigenvalue weighted by atomic mass is 9.92. The molecule has 0 aliphatic rings. The number of carbonyl (C=O) groups is 1. The Morgan fingerprint density at radius 1 is 1.19 bits per heavy atom. The summed E-state index contributed by atoms with van der Waals surface area (Å²) in [5.74, 6) is 0.257. The summed E-state index contributed by atoms with van der Waals surface area (Å²) in [4.78, 5) is 20.9. The van der Waals surface area contributed by atoms with Crippen LogP contribution in [-0.2, 0) is 12.0 Å². The summed E-state index contributed by atoms with van der Waals surface area (Å²) in [5.41, 5.74) is 3.16. The zero-order chi connectivity index (χ0) is 18.7. The number of pyridine rings is 2. The molecule has 0 bridgehead atoms. The highest BCUT2D eigenvalue weighted by atomic mass is 16.2. The van der Waals surface area contributed by atoms with E-state index in [1.165, 1.54) is 0 Å². The van der Waals surface area contributed by atoms with E-state index >= 15 is 0 Å². The molecule has 0 saturated carbocycles. The van der Waals surface area contributed by atoms with Crippen LogP contribution in [0.15, 0.2) is 48.8 Å². The van der Waals surface area contributed by atoms with Crippen molar-refractivity contribution in [2.24, 2.45) is 0 Å². The lowest BCUT2D eigenvalue weighted by molar-refractivity contribution is 0.102. The van der Waals surface area contributed by atoms with Gasteiger partial charge >= 0.3 is 0 Å². The fraction of sp³-hybridized carbons (Fsp3) is 0.300. The van der Waals surface area contributed by atoms with Gasteiger partial charge in [0.25, 0.3) is 5.91 Å². The normalized spacial score (nSPS) is 11.4. The number of aryl methyl sites for hydroxylation is 1. The Kier molecular flexibility index (Phi) is 4.84. The number of anilines is 1. The number of nitrogens with zero attached hydrogens (tertiary/aromatic N) is 4. The number of rotatable bonds is 4. The van der Waals surface area contributed by atoms with Crippen LogP contribution in [0.1, 0.15) is 48.2 Å². The maximum Gasteiger partial charge on any atom is 0.275 e. The van der Waals surface area contributed by atoms with Gasteiger partial charge in [-0.1, -0.05) is 32.9 Å². The molecule has 26 heavy (non-hydrogen) atoms. The molecule has 1 amide bonds. The van der Waals surface area contributed by atoms with E-state index in [1.807, 2.05) is 48.1 Å². The monoisotopic (exact) mass is 349 g/mol. The van der Waals surface area contributed by atoms with Gasteiger partial charge in [-0.05, 0) is 30.7 Å². The maximum atomic E-state index is 12.5. The summed E-state index contributed by atoms with van der Waals surface area (Å²) in [6.07, 6.45) is 3.57. The molecule has 3 aromatic rings. The third-order valence-corrected chi connectivity index (χ3v) is 3.97. The predicted molar refractivity (Wildman–Crippen MR) is 101 cm³/mol. The number of hydrogen-bond acceptors (Lipinski definition) is 4. The average molecular weight is 349 g/mol. The fourth-order valence-corrected chi connectivity index (χ4v) is 2.72. The molecule has 6 nitrogen and oxygen atoms in total. The van der Waals surface area contributed by atoms with Crippen LogP contribution in [0.5, 0.6) is 0 Å². The summed E-state index contributed by atoms with van der Waals surface area (Å²) in [6, 6.07) is 11.2. The minimum absolute atomic E-state index is 0.111. The molecule has 0 atom stereocenters. The van der Waals surface area contributed by atoms with Gasteiger partial charge in [0.2, 0.25) is 0 Å². The summed E-state index contributed by atoms with van der Waals surface area (Å²) in [6.45, 7) is 8.82. The van der Waals surface area contributed by atoms with E-state index in [1.54, 1.807) is 12.3 Å². The summed E-state index contributed by atoms with van der Waals surface area (Å²) >= 11 is 0. The van der Waals surface area contributed by atoms with E-state index in [-0.39, 0.29) is 11.3 Å². The highest BCUT2D eigenvalue weighted by Crippen LogP contribution is 2.25. The Morgan fingerprint density at radius 2 is 2.00 bits per heavy atom. The molecule has 0 aliphatic carbocycles.